The molecule has 0 spiro atoms. The van der Waals surface area contributed by atoms with Crippen LogP contribution in [0.2, 0.25) is 0 Å². The highest BCUT2D eigenvalue weighted by molar-refractivity contribution is 7.98. The maximum Gasteiger partial charge on any atom is 0.269 e. The lowest BCUT2D eigenvalue weighted by atomic mass is 10.1. The predicted molar refractivity (Wildman–Crippen MR) is 135 cm³/mol. The van der Waals surface area contributed by atoms with E-state index >= 15 is 0 Å². The van der Waals surface area contributed by atoms with Gasteiger partial charge < -0.3 is 5.32 Å². The van der Waals surface area contributed by atoms with Gasteiger partial charge in [-0.2, -0.15) is 0 Å². The van der Waals surface area contributed by atoms with Crippen molar-refractivity contribution in [2.45, 2.75) is 36.7 Å². The maximum absolute atomic E-state index is 12.6. The monoisotopic (exact) mass is 487 g/mol. The SMILES string of the molecule is CC(NC(=O)CCc1ccccc1)c1nnc(SCc2ccccc2)n1-c1ccc([N+](=O)[O-])cc1. The van der Waals surface area contributed by atoms with E-state index < -0.39 is 11.0 Å². The van der Waals surface area contributed by atoms with Crippen LogP contribution in [0.1, 0.15) is 36.3 Å². The van der Waals surface area contributed by atoms with Gasteiger partial charge in [-0.15, -0.1) is 10.2 Å². The number of benzene rings is 3. The van der Waals surface area contributed by atoms with Gasteiger partial charge in [0.2, 0.25) is 5.91 Å². The van der Waals surface area contributed by atoms with Crippen molar-refractivity contribution in [1.82, 2.24) is 20.1 Å². The van der Waals surface area contributed by atoms with Gasteiger partial charge in [-0.05, 0) is 36.6 Å². The van der Waals surface area contributed by atoms with Crippen LogP contribution in [0.25, 0.3) is 5.69 Å². The summed E-state index contributed by atoms with van der Waals surface area (Å²) in [4.78, 5) is 23.3. The third-order valence-electron chi connectivity index (χ3n) is 5.44. The Kier molecular flexibility index (Phi) is 7.89. The van der Waals surface area contributed by atoms with Crippen LogP contribution >= 0.6 is 11.8 Å². The molecule has 9 heteroatoms. The number of hydrogen-bond acceptors (Lipinski definition) is 6. The number of nitro groups is 1. The molecule has 0 bridgehead atoms. The van der Waals surface area contributed by atoms with E-state index in [0.29, 0.717) is 35.3 Å². The number of nitrogens with one attached hydrogen (secondary N) is 1. The van der Waals surface area contributed by atoms with Crippen molar-refractivity contribution in [2.75, 3.05) is 0 Å². The smallest absolute Gasteiger partial charge is 0.269 e. The van der Waals surface area contributed by atoms with E-state index in [1.54, 1.807) is 12.1 Å². The van der Waals surface area contributed by atoms with Crippen molar-refractivity contribution in [2.24, 2.45) is 0 Å². The lowest BCUT2D eigenvalue weighted by Crippen LogP contribution is -2.28. The van der Waals surface area contributed by atoms with E-state index in [0.717, 1.165) is 11.1 Å². The normalized spacial score (nSPS) is 11.7. The zero-order valence-electron chi connectivity index (χ0n) is 19.2. The predicted octanol–water partition coefficient (Wildman–Crippen LogP) is 5.28. The first kappa shape index (κ1) is 24.2. The van der Waals surface area contributed by atoms with Crippen LogP contribution in [0.3, 0.4) is 0 Å². The average molecular weight is 488 g/mol. The Morgan fingerprint density at radius 1 is 0.971 bits per heavy atom. The van der Waals surface area contributed by atoms with Crippen molar-refractivity contribution in [1.29, 1.82) is 0 Å². The van der Waals surface area contributed by atoms with E-state index in [1.807, 2.05) is 72.2 Å². The Bertz CT molecular complexity index is 1280. The van der Waals surface area contributed by atoms with Gasteiger partial charge in [0.05, 0.1) is 11.0 Å². The second kappa shape index (κ2) is 11.4. The molecular weight excluding hydrogens is 462 g/mol. The molecule has 4 aromatic rings. The van der Waals surface area contributed by atoms with Gasteiger partial charge in [-0.25, -0.2) is 0 Å². The molecule has 0 fully saturated rings. The number of nitro benzene ring substituents is 1. The minimum atomic E-state index is -0.433. The fourth-order valence-corrected chi connectivity index (χ4v) is 4.54. The Labute approximate surface area is 207 Å². The summed E-state index contributed by atoms with van der Waals surface area (Å²) in [5.74, 6) is 1.16. The standard InChI is InChI=1S/C26H25N5O3S/c1-19(27-24(32)17-12-20-8-4-2-5-9-20)25-28-29-26(35-18-21-10-6-3-7-11-21)30(25)22-13-15-23(16-14-22)31(33)34/h2-11,13-16,19H,12,17-18H2,1H3,(H,27,32). The van der Waals surface area contributed by atoms with Gasteiger partial charge in [0.1, 0.15) is 0 Å². The molecule has 1 atom stereocenters. The van der Waals surface area contributed by atoms with Gasteiger partial charge >= 0.3 is 0 Å². The fourth-order valence-electron chi connectivity index (χ4n) is 3.62. The summed E-state index contributed by atoms with van der Waals surface area (Å²) in [7, 11) is 0. The highest BCUT2D eigenvalue weighted by atomic mass is 32.2. The maximum atomic E-state index is 12.6. The zero-order valence-corrected chi connectivity index (χ0v) is 20.0. The van der Waals surface area contributed by atoms with Crippen molar-refractivity contribution in [3.63, 3.8) is 0 Å². The molecule has 1 aromatic heterocycles. The quantitative estimate of drug-likeness (QED) is 0.185. The Hall–Kier alpha value is -3.98. The van der Waals surface area contributed by atoms with Crippen LogP contribution in [0.4, 0.5) is 5.69 Å². The number of carbonyl (C=O) groups is 1. The molecule has 0 aliphatic carbocycles. The van der Waals surface area contributed by atoms with Crippen molar-refractivity contribution in [3.05, 3.63) is 112 Å². The lowest BCUT2D eigenvalue weighted by Gasteiger charge is -2.16. The average Bonchev–Trinajstić information content (AvgIpc) is 3.32. The first-order valence-corrected chi connectivity index (χ1v) is 12.2. The summed E-state index contributed by atoms with van der Waals surface area (Å²) in [5, 5.41) is 23.5. The van der Waals surface area contributed by atoms with Gasteiger partial charge in [-0.3, -0.25) is 19.5 Å². The zero-order chi connectivity index (χ0) is 24.6. The summed E-state index contributed by atoms with van der Waals surface area (Å²) in [5.41, 5.74) is 2.93. The molecule has 0 radical (unpaired) electrons. The molecule has 8 nitrogen and oxygen atoms in total. The third-order valence-corrected chi connectivity index (χ3v) is 6.44. The number of rotatable bonds is 10. The van der Waals surface area contributed by atoms with Crippen LogP contribution in [0, 0.1) is 10.1 Å². The molecular formula is C26H25N5O3S. The molecule has 1 amide bonds. The van der Waals surface area contributed by atoms with E-state index in [9.17, 15) is 14.9 Å². The number of aryl methyl sites for hydroxylation is 1. The number of non-ortho nitro benzene ring substituents is 1. The van der Waals surface area contributed by atoms with E-state index in [-0.39, 0.29) is 11.6 Å². The minimum Gasteiger partial charge on any atom is -0.346 e. The van der Waals surface area contributed by atoms with E-state index in [4.69, 9.17) is 0 Å². The summed E-state index contributed by atoms with van der Waals surface area (Å²) in [6.45, 7) is 1.86. The summed E-state index contributed by atoms with van der Waals surface area (Å²) in [6, 6.07) is 25.7. The van der Waals surface area contributed by atoms with E-state index in [2.05, 4.69) is 15.5 Å². The van der Waals surface area contributed by atoms with Crippen molar-refractivity contribution < 1.29 is 9.72 Å². The topological polar surface area (TPSA) is 103 Å². The van der Waals surface area contributed by atoms with Gasteiger partial charge in [0.15, 0.2) is 11.0 Å². The van der Waals surface area contributed by atoms with Crippen molar-refractivity contribution in [3.8, 4) is 5.69 Å². The fraction of sp³-hybridized carbons (Fsp3) is 0.192. The van der Waals surface area contributed by atoms with Crippen LogP contribution in [-0.4, -0.2) is 25.6 Å². The van der Waals surface area contributed by atoms with E-state index in [1.165, 1.54) is 23.9 Å². The number of thioether (sulfide) groups is 1. The molecule has 1 heterocycles. The molecule has 1 N–H and O–H groups in total. The van der Waals surface area contributed by atoms with Gasteiger partial charge in [0, 0.05) is 30.0 Å². The first-order chi connectivity index (χ1) is 17.0. The highest BCUT2D eigenvalue weighted by Gasteiger charge is 2.21. The molecule has 178 valence electrons. The number of carbonyl (C=O) groups excluding carboxylic acids is 1. The molecule has 0 aliphatic rings. The minimum absolute atomic E-state index is 0.00382. The Balaban J connectivity index is 1.54. The number of aromatic nitrogens is 3. The number of amides is 1. The Morgan fingerprint density at radius 2 is 1.60 bits per heavy atom. The Morgan fingerprint density at radius 3 is 2.23 bits per heavy atom. The van der Waals surface area contributed by atoms with Crippen LogP contribution in [0.5, 0.6) is 0 Å². The molecule has 0 aliphatic heterocycles. The van der Waals surface area contributed by atoms with Crippen LogP contribution < -0.4 is 5.32 Å². The second-order valence-electron chi connectivity index (χ2n) is 8.00. The molecule has 3 aromatic carbocycles. The summed E-state index contributed by atoms with van der Waals surface area (Å²) >= 11 is 1.51. The lowest BCUT2D eigenvalue weighted by molar-refractivity contribution is -0.384. The first-order valence-electron chi connectivity index (χ1n) is 11.2. The highest BCUT2D eigenvalue weighted by Crippen LogP contribution is 2.28. The summed E-state index contributed by atoms with van der Waals surface area (Å²) in [6.07, 6.45) is 1.00. The molecule has 0 saturated heterocycles. The van der Waals surface area contributed by atoms with Crippen LogP contribution in [0.15, 0.2) is 90.1 Å². The van der Waals surface area contributed by atoms with Crippen molar-refractivity contribution >= 4 is 23.4 Å². The van der Waals surface area contributed by atoms with Gasteiger partial charge in [0.25, 0.3) is 5.69 Å². The molecule has 35 heavy (non-hydrogen) atoms. The molecule has 0 saturated carbocycles. The third kappa shape index (κ3) is 6.33. The van der Waals surface area contributed by atoms with Crippen LogP contribution in [-0.2, 0) is 17.0 Å². The summed E-state index contributed by atoms with van der Waals surface area (Å²) < 4.78 is 1.85. The largest absolute Gasteiger partial charge is 0.346 e. The second-order valence-corrected chi connectivity index (χ2v) is 8.94. The molecule has 4 rings (SSSR count). The number of nitrogens with zero attached hydrogens (tertiary/aromatic N) is 4. The molecule has 1 unspecified atom stereocenters. The number of hydrogen-bond donors (Lipinski definition) is 1. The van der Waals surface area contributed by atoms with Gasteiger partial charge in [-0.1, -0.05) is 72.4 Å².